The first-order valence-corrected chi connectivity index (χ1v) is 7.89. The predicted octanol–water partition coefficient (Wildman–Crippen LogP) is 0.337. The lowest BCUT2D eigenvalue weighted by Crippen LogP contribution is -2.48. The SMILES string of the molecule is Nc1ncn(CC(=O)N2CCC(N3CCCCC3)CC2)n1. The van der Waals surface area contributed by atoms with Crippen LogP contribution in [0.3, 0.4) is 0 Å². The van der Waals surface area contributed by atoms with Gasteiger partial charge in [-0.1, -0.05) is 6.42 Å². The summed E-state index contributed by atoms with van der Waals surface area (Å²) in [6.45, 7) is 4.40. The van der Waals surface area contributed by atoms with E-state index in [1.807, 2.05) is 4.90 Å². The number of piperidine rings is 2. The smallest absolute Gasteiger partial charge is 0.244 e. The van der Waals surface area contributed by atoms with Crippen LogP contribution in [-0.2, 0) is 11.3 Å². The molecule has 1 amide bonds. The van der Waals surface area contributed by atoms with Crippen molar-refractivity contribution in [3.63, 3.8) is 0 Å². The van der Waals surface area contributed by atoms with Crippen molar-refractivity contribution < 1.29 is 4.79 Å². The molecule has 0 spiro atoms. The van der Waals surface area contributed by atoms with Gasteiger partial charge in [0.05, 0.1) is 0 Å². The minimum Gasteiger partial charge on any atom is -0.367 e. The van der Waals surface area contributed by atoms with E-state index in [-0.39, 0.29) is 18.4 Å². The van der Waals surface area contributed by atoms with Gasteiger partial charge in [-0.05, 0) is 38.8 Å². The molecule has 116 valence electrons. The van der Waals surface area contributed by atoms with E-state index in [2.05, 4.69) is 15.0 Å². The molecule has 1 aromatic heterocycles. The Morgan fingerprint density at radius 1 is 1.19 bits per heavy atom. The first kappa shape index (κ1) is 14.3. The van der Waals surface area contributed by atoms with Crippen LogP contribution < -0.4 is 5.73 Å². The van der Waals surface area contributed by atoms with E-state index < -0.39 is 0 Å². The number of nitrogens with zero attached hydrogens (tertiary/aromatic N) is 5. The van der Waals surface area contributed by atoms with E-state index in [9.17, 15) is 4.79 Å². The van der Waals surface area contributed by atoms with Crippen molar-refractivity contribution in [3.05, 3.63) is 6.33 Å². The van der Waals surface area contributed by atoms with Crippen LogP contribution in [0.2, 0.25) is 0 Å². The van der Waals surface area contributed by atoms with Crippen LogP contribution in [-0.4, -0.2) is 62.7 Å². The number of amides is 1. The Labute approximate surface area is 125 Å². The number of likely N-dealkylation sites (tertiary alicyclic amines) is 2. The summed E-state index contributed by atoms with van der Waals surface area (Å²) in [5, 5.41) is 3.96. The number of nitrogens with two attached hydrogens (primary N) is 1. The van der Waals surface area contributed by atoms with E-state index >= 15 is 0 Å². The molecule has 3 heterocycles. The van der Waals surface area contributed by atoms with Crippen molar-refractivity contribution in [2.75, 3.05) is 31.9 Å². The minimum absolute atomic E-state index is 0.108. The van der Waals surface area contributed by atoms with Crippen molar-refractivity contribution in [3.8, 4) is 0 Å². The summed E-state index contributed by atoms with van der Waals surface area (Å²) in [5.74, 6) is 0.323. The van der Waals surface area contributed by atoms with E-state index in [1.165, 1.54) is 43.4 Å². The van der Waals surface area contributed by atoms with Gasteiger partial charge in [0, 0.05) is 19.1 Å². The number of aromatic nitrogens is 3. The third-order valence-electron chi connectivity index (χ3n) is 4.58. The molecule has 2 N–H and O–H groups in total. The highest BCUT2D eigenvalue weighted by molar-refractivity contribution is 5.76. The summed E-state index contributed by atoms with van der Waals surface area (Å²) in [4.78, 5) is 20.6. The van der Waals surface area contributed by atoms with Gasteiger partial charge in [0.15, 0.2) is 0 Å². The summed E-state index contributed by atoms with van der Waals surface area (Å²) in [6.07, 6.45) is 7.71. The van der Waals surface area contributed by atoms with Crippen molar-refractivity contribution in [1.82, 2.24) is 24.6 Å². The van der Waals surface area contributed by atoms with E-state index in [0.29, 0.717) is 6.04 Å². The van der Waals surface area contributed by atoms with Crippen molar-refractivity contribution in [2.24, 2.45) is 0 Å². The van der Waals surface area contributed by atoms with Gasteiger partial charge in [0.2, 0.25) is 11.9 Å². The molecule has 0 aromatic carbocycles. The molecule has 2 aliphatic rings. The molecule has 7 nitrogen and oxygen atoms in total. The summed E-state index contributed by atoms with van der Waals surface area (Å²) >= 11 is 0. The third kappa shape index (κ3) is 3.53. The first-order valence-electron chi connectivity index (χ1n) is 7.89. The molecule has 7 heteroatoms. The number of carbonyl (C=O) groups is 1. The van der Waals surface area contributed by atoms with Gasteiger partial charge in [-0.25, -0.2) is 9.67 Å². The highest BCUT2D eigenvalue weighted by Crippen LogP contribution is 2.20. The Bertz CT molecular complexity index is 474. The first-order chi connectivity index (χ1) is 10.2. The normalized spacial score (nSPS) is 21.6. The topological polar surface area (TPSA) is 80.3 Å². The lowest BCUT2D eigenvalue weighted by molar-refractivity contribution is -0.133. The summed E-state index contributed by atoms with van der Waals surface area (Å²) in [5.41, 5.74) is 5.46. The van der Waals surface area contributed by atoms with E-state index in [4.69, 9.17) is 5.73 Å². The predicted molar refractivity (Wildman–Crippen MR) is 79.5 cm³/mol. The molecule has 3 rings (SSSR count). The van der Waals surface area contributed by atoms with Crippen LogP contribution in [0.1, 0.15) is 32.1 Å². The average molecular weight is 292 g/mol. The molecule has 21 heavy (non-hydrogen) atoms. The maximum Gasteiger partial charge on any atom is 0.244 e. The molecular weight excluding hydrogens is 268 g/mol. The molecule has 2 fully saturated rings. The van der Waals surface area contributed by atoms with Gasteiger partial charge >= 0.3 is 0 Å². The van der Waals surface area contributed by atoms with Gasteiger partial charge in [0.25, 0.3) is 0 Å². The van der Waals surface area contributed by atoms with Gasteiger partial charge in [-0.2, -0.15) is 0 Å². The standard InChI is InChI=1S/C14H24N6O/c15-14-16-11-20(17-14)10-13(21)19-8-4-12(5-9-19)18-6-2-1-3-7-18/h11-12H,1-10H2,(H2,15,17). The number of rotatable bonds is 3. The number of hydrogen-bond donors (Lipinski definition) is 1. The maximum atomic E-state index is 12.2. The molecule has 1 aromatic rings. The Kier molecular flexibility index (Phi) is 4.38. The molecular formula is C14H24N6O. The zero-order valence-corrected chi connectivity index (χ0v) is 12.4. The number of hydrogen-bond acceptors (Lipinski definition) is 5. The second kappa shape index (κ2) is 6.43. The molecule has 0 aliphatic carbocycles. The maximum absolute atomic E-state index is 12.2. The molecule has 0 saturated carbocycles. The van der Waals surface area contributed by atoms with Crippen molar-refractivity contribution >= 4 is 11.9 Å². The zero-order valence-electron chi connectivity index (χ0n) is 12.4. The van der Waals surface area contributed by atoms with Crippen molar-refractivity contribution in [1.29, 1.82) is 0 Å². The highest BCUT2D eigenvalue weighted by atomic mass is 16.2. The van der Waals surface area contributed by atoms with Crippen LogP contribution in [0.25, 0.3) is 0 Å². The third-order valence-corrected chi connectivity index (χ3v) is 4.58. The average Bonchev–Trinajstić information content (AvgIpc) is 2.93. The Balaban J connectivity index is 1.47. The van der Waals surface area contributed by atoms with Gasteiger partial charge in [-0.15, -0.1) is 5.10 Å². The molecule has 0 bridgehead atoms. The van der Waals surface area contributed by atoms with Crippen LogP contribution in [0.5, 0.6) is 0 Å². The van der Waals surface area contributed by atoms with Crippen LogP contribution >= 0.6 is 0 Å². The number of carbonyl (C=O) groups excluding carboxylic acids is 1. The summed E-state index contributed by atoms with van der Waals surface area (Å²) in [6, 6.07) is 0.663. The van der Waals surface area contributed by atoms with Gasteiger partial charge in [0.1, 0.15) is 12.9 Å². The summed E-state index contributed by atoms with van der Waals surface area (Å²) in [7, 11) is 0. The minimum atomic E-state index is 0.108. The van der Waals surface area contributed by atoms with Crippen molar-refractivity contribution in [2.45, 2.75) is 44.7 Å². The van der Waals surface area contributed by atoms with Crippen LogP contribution in [0.4, 0.5) is 5.95 Å². The second-order valence-electron chi connectivity index (χ2n) is 6.01. The fourth-order valence-electron chi connectivity index (χ4n) is 3.39. The Hall–Kier alpha value is -1.63. The Morgan fingerprint density at radius 2 is 1.90 bits per heavy atom. The molecule has 0 unspecified atom stereocenters. The lowest BCUT2D eigenvalue weighted by atomic mass is 10.00. The van der Waals surface area contributed by atoms with E-state index in [1.54, 1.807) is 0 Å². The molecule has 0 atom stereocenters. The second-order valence-corrected chi connectivity index (χ2v) is 6.01. The van der Waals surface area contributed by atoms with Gasteiger partial charge < -0.3 is 15.5 Å². The largest absolute Gasteiger partial charge is 0.367 e. The van der Waals surface area contributed by atoms with Crippen LogP contribution in [0, 0.1) is 0 Å². The van der Waals surface area contributed by atoms with Gasteiger partial charge in [-0.3, -0.25) is 4.79 Å². The zero-order chi connectivity index (χ0) is 14.7. The number of anilines is 1. The Morgan fingerprint density at radius 3 is 2.52 bits per heavy atom. The monoisotopic (exact) mass is 292 g/mol. The lowest BCUT2D eigenvalue weighted by Gasteiger charge is -2.40. The fraction of sp³-hybridized carbons (Fsp3) is 0.786. The summed E-state index contributed by atoms with van der Waals surface area (Å²) < 4.78 is 1.51. The molecule has 2 saturated heterocycles. The highest BCUT2D eigenvalue weighted by Gasteiger charge is 2.27. The molecule has 2 aliphatic heterocycles. The number of nitrogen functional groups attached to an aromatic ring is 1. The molecule has 0 radical (unpaired) electrons. The van der Waals surface area contributed by atoms with Crippen LogP contribution in [0.15, 0.2) is 6.33 Å². The fourth-order valence-corrected chi connectivity index (χ4v) is 3.39. The quantitative estimate of drug-likeness (QED) is 0.869. The van der Waals surface area contributed by atoms with E-state index in [0.717, 1.165) is 25.9 Å².